The number of morpholine rings is 1. The van der Waals surface area contributed by atoms with Gasteiger partial charge in [-0.05, 0) is 29.8 Å². The number of anilines is 1. The minimum atomic E-state index is -4.99. The molecule has 0 aliphatic carbocycles. The van der Waals surface area contributed by atoms with Crippen LogP contribution in [0.3, 0.4) is 0 Å². The Hall–Kier alpha value is -2.68. The third-order valence-corrected chi connectivity index (χ3v) is 3.90. The number of aromatic nitrogens is 2. The van der Waals surface area contributed by atoms with Gasteiger partial charge in [0.15, 0.2) is 5.69 Å². The van der Waals surface area contributed by atoms with E-state index in [1.54, 1.807) is 12.1 Å². The molecule has 0 amide bonds. The lowest BCUT2D eigenvalue weighted by Crippen LogP contribution is -2.36. The summed E-state index contributed by atoms with van der Waals surface area (Å²) < 4.78 is 56.7. The zero-order valence-electron chi connectivity index (χ0n) is 13.5. The molecule has 2 heterocycles. The first-order valence-corrected chi connectivity index (χ1v) is 7.83. The van der Waals surface area contributed by atoms with Crippen molar-refractivity contribution in [2.24, 2.45) is 0 Å². The van der Waals surface area contributed by atoms with Gasteiger partial charge >= 0.3 is 11.9 Å². The summed E-state index contributed by atoms with van der Waals surface area (Å²) in [6.07, 6.45) is -2.24. The van der Waals surface area contributed by atoms with Crippen LogP contribution >= 0.6 is 0 Å². The second-order valence-corrected chi connectivity index (χ2v) is 5.65. The lowest BCUT2D eigenvalue weighted by Gasteiger charge is -2.28. The van der Waals surface area contributed by atoms with E-state index < -0.39 is 22.3 Å². The highest BCUT2D eigenvalue weighted by molar-refractivity contribution is 5.69. The summed E-state index contributed by atoms with van der Waals surface area (Å²) in [5.41, 5.74) is -1.85. The summed E-state index contributed by atoms with van der Waals surface area (Å²) in [5.74, 6) is 0. The SMILES string of the molecule is O=c1nc(C=Cc2ccc(N3CCOCC3)cc2)cc(C(F)(F)F)n1F. The van der Waals surface area contributed by atoms with Crippen LogP contribution < -0.4 is 10.6 Å². The maximum atomic E-state index is 13.2. The van der Waals surface area contributed by atoms with E-state index in [2.05, 4.69) is 9.88 Å². The molecule has 1 aliphatic rings. The second-order valence-electron chi connectivity index (χ2n) is 5.65. The topological polar surface area (TPSA) is 47.4 Å². The Balaban J connectivity index is 1.79. The number of hydrogen-bond donors (Lipinski definition) is 0. The van der Waals surface area contributed by atoms with Crippen molar-refractivity contribution in [2.45, 2.75) is 6.18 Å². The molecule has 0 N–H and O–H groups in total. The highest BCUT2D eigenvalue weighted by Crippen LogP contribution is 2.28. The molecule has 5 nitrogen and oxygen atoms in total. The number of alkyl halides is 3. The number of hydrogen-bond acceptors (Lipinski definition) is 4. The smallest absolute Gasteiger partial charge is 0.378 e. The summed E-state index contributed by atoms with van der Waals surface area (Å²) in [7, 11) is 0. The van der Waals surface area contributed by atoms with Crippen LogP contribution in [0.25, 0.3) is 12.2 Å². The van der Waals surface area contributed by atoms with Gasteiger partial charge in [0.05, 0.1) is 18.9 Å². The molecule has 0 unspecified atom stereocenters. The number of halogens is 4. The molecule has 1 saturated heterocycles. The summed E-state index contributed by atoms with van der Waals surface area (Å²) >= 11 is 0. The summed E-state index contributed by atoms with van der Waals surface area (Å²) in [6, 6.07) is 7.85. The van der Waals surface area contributed by atoms with Crippen molar-refractivity contribution < 1.29 is 22.4 Å². The molecule has 2 aromatic rings. The van der Waals surface area contributed by atoms with E-state index in [9.17, 15) is 22.4 Å². The largest absolute Gasteiger partial charge is 0.434 e. The normalized spacial score (nSPS) is 15.6. The maximum Gasteiger partial charge on any atom is 0.434 e. The Kier molecular flexibility index (Phi) is 5.08. The van der Waals surface area contributed by atoms with Crippen molar-refractivity contribution >= 4 is 17.8 Å². The molecule has 0 radical (unpaired) electrons. The maximum absolute atomic E-state index is 13.2. The highest BCUT2D eigenvalue weighted by atomic mass is 19.4. The average molecular weight is 369 g/mol. The quantitative estimate of drug-likeness (QED) is 0.781. The lowest BCUT2D eigenvalue weighted by molar-refractivity contribution is -0.148. The molecule has 9 heteroatoms. The number of rotatable bonds is 3. The predicted molar refractivity (Wildman–Crippen MR) is 88.4 cm³/mol. The fourth-order valence-corrected chi connectivity index (χ4v) is 2.56. The van der Waals surface area contributed by atoms with Gasteiger partial charge in [-0.1, -0.05) is 22.7 Å². The van der Waals surface area contributed by atoms with Gasteiger partial charge < -0.3 is 9.64 Å². The van der Waals surface area contributed by atoms with Gasteiger partial charge in [0.2, 0.25) is 0 Å². The summed E-state index contributed by atoms with van der Waals surface area (Å²) in [5, 5.41) is 0. The van der Waals surface area contributed by atoms with Crippen molar-refractivity contribution in [2.75, 3.05) is 31.2 Å². The molecule has 26 heavy (non-hydrogen) atoms. The Morgan fingerprint density at radius 3 is 2.35 bits per heavy atom. The van der Waals surface area contributed by atoms with E-state index in [-0.39, 0.29) is 5.69 Å². The van der Waals surface area contributed by atoms with Gasteiger partial charge in [-0.25, -0.2) is 4.79 Å². The van der Waals surface area contributed by atoms with E-state index in [0.29, 0.717) is 24.8 Å². The van der Waals surface area contributed by atoms with Crippen molar-refractivity contribution in [1.29, 1.82) is 0 Å². The van der Waals surface area contributed by atoms with Crippen molar-refractivity contribution in [3.63, 3.8) is 0 Å². The monoisotopic (exact) mass is 369 g/mol. The minimum absolute atomic E-state index is 0.270. The van der Waals surface area contributed by atoms with Crippen LogP contribution in [0.15, 0.2) is 35.1 Å². The molecule has 3 rings (SSSR count). The second kappa shape index (κ2) is 7.28. The van der Waals surface area contributed by atoms with Crippen molar-refractivity contribution in [3.05, 3.63) is 57.8 Å². The number of ether oxygens (including phenoxy) is 1. The van der Waals surface area contributed by atoms with Gasteiger partial charge in [0.1, 0.15) is 0 Å². The Labute approximate surface area is 146 Å². The van der Waals surface area contributed by atoms with E-state index >= 15 is 0 Å². The van der Waals surface area contributed by atoms with E-state index in [1.807, 2.05) is 12.1 Å². The molecule has 1 aliphatic heterocycles. The average Bonchev–Trinajstić information content (AvgIpc) is 2.63. The van der Waals surface area contributed by atoms with Gasteiger partial charge in [-0.15, -0.1) is 4.79 Å². The number of benzene rings is 1. The number of nitrogens with zero attached hydrogens (tertiary/aromatic N) is 3. The molecule has 0 atom stereocenters. The first-order chi connectivity index (χ1) is 12.3. The summed E-state index contributed by atoms with van der Waals surface area (Å²) in [6.45, 7) is 2.90. The van der Waals surface area contributed by atoms with Crippen LogP contribution in [0.5, 0.6) is 0 Å². The van der Waals surface area contributed by atoms with Gasteiger partial charge in [-0.2, -0.15) is 18.2 Å². The molecule has 138 valence electrons. The van der Waals surface area contributed by atoms with Crippen LogP contribution in [-0.2, 0) is 10.9 Å². The zero-order valence-corrected chi connectivity index (χ0v) is 13.5. The predicted octanol–water partition coefficient (Wildman–Crippen LogP) is 3.00. The molecular weight excluding hydrogens is 354 g/mol. The molecule has 1 aromatic heterocycles. The van der Waals surface area contributed by atoms with E-state index in [0.717, 1.165) is 18.8 Å². The standard InChI is InChI=1S/C17H15F4N3O2/c18-17(19,20)15-11-13(22-16(25)24(15)21)4-1-12-2-5-14(6-3-12)23-7-9-26-10-8-23/h1-6,11H,7-10H2. The fraction of sp³-hybridized carbons (Fsp3) is 0.294. The Morgan fingerprint density at radius 2 is 1.73 bits per heavy atom. The third-order valence-electron chi connectivity index (χ3n) is 3.90. The zero-order chi connectivity index (χ0) is 18.7. The van der Waals surface area contributed by atoms with Gasteiger partial charge in [0, 0.05) is 18.8 Å². The van der Waals surface area contributed by atoms with E-state index in [1.165, 1.54) is 12.2 Å². The van der Waals surface area contributed by atoms with Crippen LogP contribution in [0.4, 0.5) is 23.3 Å². The van der Waals surface area contributed by atoms with Crippen LogP contribution in [0.2, 0.25) is 0 Å². The Bertz CT molecular complexity index is 854. The molecule has 0 saturated carbocycles. The Morgan fingerprint density at radius 1 is 1.08 bits per heavy atom. The summed E-state index contributed by atoms with van der Waals surface area (Å²) in [4.78, 5) is 15.7. The highest BCUT2D eigenvalue weighted by Gasteiger charge is 2.36. The molecule has 1 aromatic carbocycles. The van der Waals surface area contributed by atoms with Gasteiger partial charge in [0.25, 0.3) is 0 Å². The van der Waals surface area contributed by atoms with Crippen LogP contribution in [0.1, 0.15) is 17.0 Å². The van der Waals surface area contributed by atoms with Crippen LogP contribution in [0, 0.1) is 0 Å². The first-order valence-electron chi connectivity index (χ1n) is 7.83. The first kappa shape index (κ1) is 18.1. The molecule has 0 spiro atoms. The van der Waals surface area contributed by atoms with E-state index in [4.69, 9.17) is 4.74 Å². The molecule has 1 fully saturated rings. The van der Waals surface area contributed by atoms with Crippen molar-refractivity contribution in [3.8, 4) is 0 Å². The fourth-order valence-electron chi connectivity index (χ4n) is 2.56. The molecular formula is C17H15F4N3O2. The lowest BCUT2D eigenvalue weighted by atomic mass is 10.1. The third kappa shape index (κ3) is 4.10. The van der Waals surface area contributed by atoms with Crippen molar-refractivity contribution in [1.82, 2.24) is 9.77 Å². The molecule has 0 bridgehead atoms. The van der Waals surface area contributed by atoms with Gasteiger partial charge in [-0.3, -0.25) is 0 Å². The van der Waals surface area contributed by atoms with Crippen LogP contribution in [-0.4, -0.2) is 36.1 Å². The minimum Gasteiger partial charge on any atom is -0.378 e.